The van der Waals surface area contributed by atoms with Gasteiger partial charge in [0.1, 0.15) is 11.6 Å². The monoisotopic (exact) mass is 1170 g/mol. The molecular weight excluding hydrogens is 1090 g/mol. The Morgan fingerprint density at radius 2 is 0.810 bits per heavy atom. The lowest BCUT2D eigenvalue weighted by Crippen LogP contribution is -2.40. The van der Waals surface area contributed by atoms with E-state index < -0.39 is 38.3 Å². The zero-order chi connectivity index (χ0) is 59.0. The summed E-state index contributed by atoms with van der Waals surface area (Å²) >= 11 is 0. The van der Waals surface area contributed by atoms with Crippen molar-refractivity contribution in [1.82, 2.24) is 0 Å². The van der Waals surface area contributed by atoms with Crippen LogP contribution in [0.2, 0.25) is 78.6 Å². The highest BCUT2D eigenvalue weighted by Crippen LogP contribution is 2.54. The first-order chi connectivity index (χ1) is 40.1. The van der Waals surface area contributed by atoms with Gasteiger partial charge >= 0.3 is 0 Å². The van der Waals surface area contributed by atoms with Gasteiger partial charge in [-0.3, -0.25) is 0 Å². The molecule has 420 valence electrons. The Morgan fingerprint density at radius 1 is 0.369 bits per heavy atom. The minimum atomic E-state index is -1.95. The Kier molecular flexibility index (Phi) is 14.7. The molecule has 0 aliphatic heterocycles. The van der Waals surface area contributed by atoms with Gasteiger partial charge in [-0.2, -0.15) is 0 Å². The minimum absolute atomic E-state index is 0.192. The molecule has 0 spiro atoms. The SMILES string of the molecule is C[Si](C)(C)c1ccccc1-c1ccc(N(C2=C3C=CC4=C5C(=CC=C(C=C2)C35)C(N(c2ccccc2F)c2ccc(-c3ccccc3[Si](C)(C)C)cc2-c2ccccc2[Si](C)(C)C)C=C4)c2ccccc2F)c(-c2ccccc2[Si](C)(C)C)c1. The molecule has 2 unspecified atom stereocenters. The van der Waals surface area contributed by atoms with E-state index >= 15 is 8.78 Å². The molecule has 4 aliphatic carbocycles. The molecule has 12 rings (SSSR count). The van der Waals surface area contributed by atoms with Crippen molar-refractivity contribution in [1.29, 1.82) is 0 Å². The molecule has 84 heavy (non-hydrogen) atoms. The molecular formula is C76H76F2N2Si4. The van der Waals surface area contributed by atoms with Crippen LogP contribution >= 0.6 is 0 Å². The third-order valence-corrected chi connectivity index (χ3v) is 25.5. The standard InChI is InChI=1S/C76H76F2N2Si4/c1-81(2,3)71-33-21-13-25-55(71)53-41-47-67(61(49-53)57-27-15-23-35-73(57)83(7,8)9)79(69-31-19-17-29-63(69)77)65-45-39-51-38-44-60-66(46-40-52-37-43-59(65)75(51)76(52)60)80(70-32-20-18-30-64(70)78)68-48-42-54(56-26-14-22-34-72(56)82(4,5)6)50-62(68)58-28-16-24-36-74(58)84(10,11)12/h13-50,65,76H,1-12H3. The van der Waals surface area contributed by atoms with Gasteiger partial charge in [-0.1, -0.05) is 275 Å². The first-order valence-corrected chi connectivity index (χ1v) is 43.8. The van der Waals surface area contributed by atoms with Crippen LogP contribution in [0.4, 0.5) is 31.5 Å². The molecule has 0 fully saturated rings. The summed E-state index contributed by atoms with van der Waals surface area (Å²) < 4.78 is 34.5. The van der Waals surface area contributed by atoms with E-state index in [-0.39, 0.29) is 17.6 Å². The summed E-state index contributed by atoms with van der Waals surface area (Å²) in [5.41, 5.74) is 18.7. The van der Waals surface area contributed by atoms with E-state index in [1.54, 1.807) is 24.3 Å². The van der Waals surface area contributed by atoms with Crippen LogP contribution in [0.15, 0.2) is 264 Å². The molecule has 0 bridgehead atoms. The maximum Gasteiger partial charge on any atom is 0.147 e. The Balaban J connectivity index is 1.06. The number of halogens is 2. The zero-order valence-corrected chi connectivity index (χ0v) is 54.7. The van der Waals surface area contributed by atoms with E-state index in [1.165, 1.54) is 48.6 Å². The molecule has 0 saturated heterocycles. The van der Waals surface area contributed by atoms with Crippen LogP contribution in [0.1, 0.15) is 0 Å². The fraction of sp³-hybridized carbons (Fsp3) is 0.184. The second-order valence-electron chi connectivity index (χ2n) is 27.2. The predicted molar refractivity (Wildman–Crippen MR) is 369 cm³/mol. The van der Waals surface area contributed by atoms with E-state index in [9.17, 15) is 0 Å². The van der Waals surface area contributed by atoms with E-state index in [0.717, 1.165) is 61.6 Å². The molecule has 2 nitrogen and oxygen atoms in total. The molecule has 0 aromatic heterocycles. The largest absolute Gasteiger partial charge is 0.327 e. The second-order valence-corrected chi connectivity index (χ2v) is 47.3. The fourth-order valence-corrected chi connectivity index (χ4v) is 19.9. The van der Waals surface area contributed by atoms with Crippen molar-refractivity contribution in [2.45, 2.75) is 84.6 Å². The molecule has 8 heteroatoms. The molecule has 0 radical (unpaired) electrons. The summed E-state index contributed by atoms with van der Waals surface area (Å²) in [6.07, 6.45) is 18.0. The Hall–Kier alpha value is -7.73. The van der Waals surface area contributed by atoms with Crippen molar-refractivity contribution < 1.29 is 8.78 Å². The van der Waals surface area contributed by atoms with E-state index in [1.807, 2.05) is 24.3 Å². The number of allylic oxidation sites excluding steroid dienone is 10. The lowest BCUT2D eigenvalue weighted by atomic mass is 9.67. The van der Waals surface area contributed by atoms with Gasteiger partial charge in [-0.15, -0.1) is 0 Å². The van der Waals surface area contributed by atoms with Gasteiger partial charge in [0.15, 0.2) is 0 Å². The van der Waals surface area contributed by atoms with Crippen molar-refractivity contribution in [3.63, 3.8) is 0 Å². The molecule has 0 amide bonds. The van der Waals surface area contributed by atoms with Crippen LogP contribution in [0.3, 0.4) is 0 Å². The first kappa shape index (κ1) is 56.7. The quantitative estimate of drug-likeness (QED) is 0.100. The summed E-state index contributed by atoms with van der Waals surface area (Å²) in [4.78, 5) is 4.46. The second kappa shape index (κ2) is 21.7. The van der Waals surface area contributed by atoms with Crippen LogP contribution in [0, 0.1) is 17.6 Å². The molecule has 8 aromatic rings. The average molecular weight is 1170 g/mol. The van der Waals surface area contributed by atoms with E-state index in [4.69, 9.17) is 0 Å². The normalized spacial score (nSPS) is 16.6. The fourth-order valence-electron chi connectivity index (χ4n) is 13.4. The Bertz CT molecular complexity index is 4180. The average Bonchev–Trinajstić information content (AvgIpc) is 0.846. The summed E-state index contributed by atoms with van der Waals surface area (Å²) in [7, 11) is -7.45. The summed E-state index contributed by atoms with van der Waals surface area (Å²) in [6.45, 7) is 29.0. The van der Waals surface area contributed by atoms with Crippen molar-refractivity contribution in [2.75, 3.05) is 9.80 Å². The van der Waals surface area contributed by atoms with Crippen molar-refractivity contribution in [3.8, 4) is 44.5 Å². The van der Waals surface area contributed by atoms with Crippen molar-refractivity contribution in [3.05, 3.63) is 276 Å². The number of anilines is 4. The van der Waals surface area contributed by atoms with Crippen molar-refractivity contribution in [2.24, 2.45) is 5.92 Å². The maximum atomic E-state index is 17.2. The van der Waals surface area contributed by atoms with Gasteiger partial charge in [0, 0.05) is 22.7 Å². The third-order valence-electron chi connectivity index (χ3n) is 17.3. The minimum Gasteiger partial charge on any atom is -0.327 e. The maximum absolute atomic E-state index is 17.2. The van der Waals surface area contributed by atoms with E-state index in [0.29, 0.717) is 11.4 Å². The Morgan fingerprint density at radius 3 is 1.32 bits per heavy atom. The highest BCUT2D eigenvalue weighted by molar-refractivity contribution is 6.91. The van der Waals surface area contributed by atoms with Crippen molar-refractivity contribution >= 4 is 75.8 Å². The van der Waals surface area contributed by atoms with Crippen LogP contribution in [-0.4, -0.2) is 38.3 Å². The zero-order valence-electron chi connectivity index (χ0n) is 50.7. The van der Waals surface area contributed by atoms with Crippen LogP contribution in [0.5, 0.6) is 0 Å². The highest BCUT2D eigenvalue weighted by atomic mass is 28.3. The topological polar surface area (TPSA) is 6.48 Å². The Labute approximate surface area is 502 Å². The number of nitrogens with zero attached hydrogens (tertiary/aromatic N) is 2. The molecule has 8 aromatic carbocycles. The van der Waals surface area contributed by atoms with Gasteiger partial charge < -0.3 is 9.80 Å². The summed E-state index contributed by atoms with van der Waals surface area (Å²) in [6, 6.07) is 63.5. The van der Waals surface area contributed by atoms with E-state index in [2.05, 4.69) is 270 Å². The molecule has 0 heterocycles. The third kappa shape index (κ3) is 10.3. The summed E-state index contributed by atoms with van der Waals surface area (Å²) in [5.74, 6) is -0.781. The molecule has 4 aliphatic rings. The van der Waals surface area contributed by atoms with Gasteiger partial charge in [0.25, 0.3) is 0 Å². The van der Waals surface area contributed by atoms with Gasteiger partial charge in [-0.25, -0.2) is 8.78 Å². The smallest absolute Gasteiger partial charge is 0.147 e. The number of hydrogen-bond acceptors (Lipinski definition) is 2. The lowest BCUT2D eigenvalue weighted by molar-refractivity contribution is 0.622. The van der Waals surface area contributed by atoms with Gasteiger partial charge in [-0.05, 0) is 116 Å². The number of para-hydroxylation sites is 2. The lowest BCUT2D eigenvalue weighted by Gasteiger charge is -2.44. The number of benzene rings is 8. The predicted octanol–water partition coefficient (Wildman–Crippen LogP) is 18.9. The number of hydrogen-bond donors (Lipinski definition) is 0. The summed E-state index contributed by atoms with van der Waals surface area (Å²) in [5, 5.41) is 5.53. The van der Waals surface area contributed by atoms with Crippen LogP contribution < -0.4 is 30.5 Å². The molecule has 0 saturated carbocycles. The molecule has 2 atom stereocenters. The van der Waals surface area contributed by atoms with Gasteiger partial charge in [0.05, 0.1) is 61.1 Å². The van der Waals surface area contributed by atoms with Crippen LogP contribution in [-0.2, 0) is 0 Å². The first-order valence-electron chi connectivity index (χ1n) is 29.8. The highest BCUT2D eigenvalue weighted by Gasteiger charge is 2.42. The number of rotatable bonds is 14. The van der Waals surface area contributed by atoms with Crippen LogP contribution in [0.25, 0.3) is 44.5 Å². The van der Waals surface area contributed by atoms with Gasteiger partial charge in [0.2, 0.25) is 0 Å². The molecule has 0 N–H and O–H groups in total.